The van der Waals surface area contributed by atoms with Crippen LogP contribution < -0.4 is 0 Å². The highest BCUT2D eigenvalue weighted by Crippen LogP contribution is 2.15. The van der Waals surface area contributed by atoms with Crippen LogP contribution in [0.1, 0.15) is 284 Å². The minimum atomic E-state index is -0.796. The van der Waals surface area contributed by atoms with Crippen molar-refractivity contribution in [3.05, 3.63) is 219 Å². The van der Waals surface area contributed by atoms with Gasteiger partial charge >= 0.3 is 11.9 Å². The lowest BCUT2D eigenvalue weighted by Gasteiger charge is -2.15. The van der Waals surface area contributed by atoms with E-state index in [1.807, 2.05) is 0 Å². The van der Waals surface area contributed by atoms with Crippen molar-refractivity contribution in [2.75, 3.05) is 13.2 Å². The summed E-state index contributed by atoms with van der Waals surface area (Å²) in [6.45, 7) is 3.90. The number of carbonyl (C=O) groups excluding carboxylic acids is 2. The zero-order valence-corrected chi connectivity index (χ0v) is 57.6. The van der Waals surface area contributed by atoms with Gasteiger partial charge in [0.15, 0.2) is 6.10 Å². The number of hydrogen-bond donors (Lipinski definition) is 1. The van der Waals surface area contributed by atoms with Gasteiger partial charge in [-0.15, -0.1) is 0 Å². The highest BCUT2D eigenvalue weighted by atomic mass is 16.6. The van der Waals surface area contributed by atoms with E-state index in [9.17, 15) is 14.7 Å². The number of rotatable bonds is 64. The number of allylic oxidation sites excluding steroid dienone is 36. The van der Waals surface area contributed by atoms with Crippen molar-refractivity contribution in [2.24, 2.45) is 0 Å². The molecule has 0 amide bonds. The summed E-state index contributed by atoms with van der Waals surface area (Å²) in [6, 6.07) is 0. The van der Waals surface area contributed by atoms with E-state index in [0.29, 0.717) is 12.8 Å². The van der Waals surface area contributed by atoms with E-state index in [-0.39, 0.29) is 25.2 Å². The van der Waals surface area contributed by atoms with E-state index in [2.05, 4.69) is 233 Å². The van der Waals surface area contributed by atoms with Gasteiger partial charge in [-0.05, 0) is 154 Å². The molecular formula is C85H132O5. The first kappa shape index (κ1) is 84.2. The van der Waals surface area contributed by atoms with Gasteiger partial charge in [-0.2, -0.15) is 0 Å². The summed E-state index contributed by atoms with van der Waals surface area (Å²) in [5.41, 5.74) is 0. The molecule has 0 rings (SSSR count). The fraction of sp³-hybridized carbons (Fsp3) is 0.553. The fourth-order valence-electron chi connectivity index (χ4n) is 9.42. The van der Waals surface area contributed by atoms with Crippen LogP contribution >= 0.6 is 0 Å². The maximum absolute atomic E-state index is 12.4. The van der Waals surface area contributed by atoms with Crippen molar-refractivity contribution in [1.29, 1.82) is 0 Å². The molecule has 0 aliphatic heterocycles. The van der Waals surface area contributed by atoms with Crippen molar-refractivity contribution in [3.63, 3.8) is 0 Å². The predicted octanol–water partition coefficient (Wildman–Crippen LogP) is 25.9. The predicted molar refractivity (Wildman–Crippen MR) is 398 cm³/mol. The number of ether oxygens (including phenoxy) is 2. The summed E-state index contributed by atoms with van der Waals surface area (Å²) < 4.78 is 10.7. The average Bonchev–Trinajstić information content (AvgIpc) is 3.60. The van der Waals surface area contributed by atoms with E-state index in [1.165, 1.54) is 96.3 Å². The Labute approximate surface area is 554 Å². The second kappa shape index (κ2) is 77.5. The molecule has 0 aliphatic carbocycles. The number of aliphatic hydroxyl groups is 1. The largest absolute Gasteiger partial charge is 0.462 e. The Morgan fingerprint density at radius 3 is 0.667 bits per heavy atom. The summed E-state index contributed by atoms with van der Waals surface area (Å²) in [5, 5.41) is 9.71. The Bertz CT molecular complexity index is 2130. The van der Waals surface area contributed by atoms with Crippen LogP contribution in [0.15, 0.2) is 219 Å². The van der Waals surface area contributed by atoms with E-state index in [1.54, 1.807) is 0 Å². The second-order valence-corrected chi connectivity index (χ2v) is 23.2. The number of hydrogen-bond acceptors (Lipinski definition) is 5. The van der Waals surface area contributed by atoms with Crippen LogP contribution in [-0.4, -0.2) is 36.4 Å². The summed E-state index contributed by atoms with van der Waals surface area (Å²) in [4.78, 5) is 24.7. The van der Waals surface area contributed by atoms with Gasteiger partial charge in [0, 0.05) is 12.8 Å². The highest BCUT2D eigenvalue weighted by Gasteiger charge is 2.16. The third kappa shape index (κ3) is 74.7. The minimum absolute atomic E-state index is 0.0833. The van der Waals surface area contributed by atoms with Gasteiger partial charge in [-0.1, -0.05) is 335 Å². The molecule has 1 N–H and O–H groups in total. The van der Waals surface area contributed by atoms with Crippen LogP contribution in [-0.2, 0) is 19.1 Å². The quantitative estimate of drug-likeness (QED) is 0.0373. The molecule has 0 aliphatic rings. The first-order valence-corrected chi connectivity index (χ1v) is 36.3. The Morgan fingerprint density at radius 1 is 0.256 bits per heavy atom. The van der Waals surface area contributed by atoms with Crippen molar-refractivity contribution in [1.82, 2.24) is 0 Å². The van der Waals surface area contributed by atoms with E-state index < -0.39 is 6.10 Å². The topological polar surface area (TPSA) is 72.8 Å². The molecule has 90 heavy (non-hydrogen) atoms. The van der Waals surface area contributed by atoms with Crippen LogP contribution in [0.3, 0.4) is 0 Å². The van der Waals surface area contributed by atoms with Gasteiger partial charge in [0.1, 0.15) is 6.61 Å². The molecule has 0 bridgehead atoms. The van der Waals surface area contributed by atoms with Crippen LogP contribution in [0.5, 0.6) is 0 Å². The van der Waals surface area contributed by atoms with E-state index in [0.717, 1.165) is 161 Å². The maximum atomic E-state index is 12.4. The third-order valence-corrected chi connectivity index (χ3v) is 14.8. The molecule has 0 aromatic heterocycles. The van der Waals surface area contributed by atoms with Crippen LogP contribution in [0.25, 0.3) is 0 Å². The molecule has 0 aromatic carbocycles. The molecule has 0 radical (unpaired) electrons. The zero-order chi connectivity index (χ0) is 64.7. The molecule has 0 saturated heterocycles. The van der Waals surface area contributed by atoms with Gasteiger partial charge in [0.2, 0.25) is 0 Å². The molecule has 0 spiro atoms. The minimum Gasteiger partial charge on any atom is -0.462 e. The Balaban J connectivity index is 3.60. The molecular weight excluding hydrogens is 1100 g/mol. The highest BCUT2D eigenvalue weighted by molar-refractivity contribution is 5.70. The molecule has 0 heterocycles. The monoisotopic (exact) mass is 1230 g/mol. The van der Waals surface area contributed by atoms with Gasteiger partial charge in [-0.25, -0.2) is 0 Å². The lowest BCUT2D eigenvalue weighted by atomic mass is 10.0. The maximum Gasteiger partial charge on any atom is 0.306 e. The molecule has 1 unspecified atom stereocenters. The van der Waals surface area contributed by atoms with E-state index >= 15 is 0 Å². The van der Waals surface area contributed by atoms with Crippen LogP contribution in [0, 0.1) is 0 Å². The Hall–Kier alpha value is -5.78. The second-order valence-electron chi connectivity index (χ2n) is 23.2. The first-order valence-electron chi connectivity index (χ1n) is 36.3. The van der Waals surface area contributed by atoms with Crippen LogP contribution in [0.4, 0.5) is 0 Å². The van der Waals surface area contributed by atoms with Crippen molar-refractivity contribution < 1.29 is 24.2 Å². The lowest BCUT2D eigenvalue weighted by molar-refractivity contribution is -0.161. The van der Waals surface area contributed by atoms with E-state index in [4.69, 9.17) is 9.47 Å². The summed E-state index contributed by atoms with van der Waals surface area (Å²) >= 11 is 0. The van der Waals surface area contributed by atoms with Gasteiger partial charge in [0.05, 0.1) is 6.61 Å². The van der Waals surface area contributed by atoms with Crippen molar-refractivity contribution in [2.45, 2.75) is 290 Å². The number of esters is 2. The molecule has 5 heteroatoms. The molecule has 0 saturated carbocycles. The zero-order valence-electron chi connectivity index (χ0n) is 57.6. The number of unbranched alkanes of at least 4 members (excludes halogenated alkanes) is 20. The average molecular weight is 1230 g/mol. The Kier molecular flexibility index (Phi) is 72.5. The third-order valence-electron chi connectivity index (χ3n) is 14.8. The number of aliphatic hydroxyl groups excluding tert-OH is 1. The summed E-state index contributed by atoms with van der Waals surface area (Å²) in [6.07, 6.45) is 125. The molecule has 0 fully saturated rings. The SMILES string of the molecule is CC/C=C\C/C=C\C/C=C\C/C=C\C/C=C\C/C=C\C/C=C\C/C=C\C/C=C\C/C=C\C/C=C\CCCCCCCCCC(=O)OC(CO)COC(=O)CCCCCCCCCCCCCCC/C=C\C/C=C\C/C=C\C/C=C\C/C=C\C/C=C\C/C=C\CC. The summed E-state index contributed by atoms with van der Waals surface area (Å²) in [5.74, 6) is -0.615. The standard InChI is InChI=1S/C85H132O5/c1-3-5-7-9-11-13-15-17-19-21-23-25-27-29-31-33-35-37-39-40-41-42-43-44-46-48-50-52-54-56-58-60-62-64-66-68-70-72-74-76-78-80-85(88)90-83(81-86)82-89-84(87)79-77-75-73-71-69-67-65-63-61-59-57-55-53-51-49-47-45-38-36-34-32-30-28-26-24-22-20-18-16-14-12-10-8-6-4-2/h5-8,11-14,17-20,23-26,29-32,35-38,40-41,43-44,47-50,54,56,60,62,83,86H,3-4,9-10,15-16,21-22,27-28,33-34,39,42,45-46,51-53,55,57-59,61,63-82H2,1-2H3/b7-5-,8-6-,13-11-,14-12-,19-17-,20-18-,25-23-,26-24-,31-29-,32-30-,37-35-,38-36-,41-40-,44-43-,49-47-,50-48-,56-54-,62-60-. The van der Waals surface area contributed by atoms with Gasteiger partial charge in [0.25, 0.3) is 0 Å². The molecule has 1 atom stereocenters. The fourth-order valence-corrected chi connectivity index (χ4v) is 9.42. The molecule has 502 valence electrons. The van der Waals surface area contributed by atoms with Crippen molar-refractivity contribution >= 4 is 11.9 Å². The molecule has 0 aromatic rings. The van der Waals surface area contributed by atoms with Crippen LogP contribution in [0.2, 0.25) is 0 Å². The first-order chi connectivity index (χ1) is 44.6. The van der Waals surface area contributed by atoms with Crippen molar-refractivity contribution in [3.8, 4) is 0 Å². The molecule has 5 nitrogen and oxygen atoms in total. The normalized spacial score (nSPS) is 13.6. The number of carbonyl (C=O) groups is 2. The van der Waals surface area contributed by atoms with Gasteiger partial charge < -0.3 is 14.6 Å². The Morgan fingerprint density at radius 2 is 0.444 bits per heavy atom. The van der Waals surface area contributed by atoms with Gasteiger partial charge in [-0.3, -0.25) is 9.59 Å². The summed E-state index contributed by atoms with van der Waals surface area (Å²) in [7, 11) is 0. The smallest absolute Gasteiger partial charge is 0.306 e. The lowest BCUT2D eigenvalue weighted by Crippen LogP contribution is -2.28.